The summed E-state index contributed by atoms with van der Waals surface area (Å²) in [5.41, 5.74) is 3.14. The number of carbonyl (C=O) groups excluding carboxylic acids is 1. The molecule has 5 rings (SSSR count). The van der Waals surface area contributed by atoms with Gasteiger partial charge in [0, 0.05) is 49.6 Å². The molecule has 1 fully saturated rings. The maximum atomic E-state index is 13.6. The van der Waals surface area contributed by atoms with Gasteiger partial charge in [-0.1, -0.05) is 24.3 Å². The average molecular weight is 533 g/mol. The van der Waals surface area contributed by atoms with Crippen LogP contribution in [0.1, 0.15) is 34.7 Å². The third kappa shape index (κ3) is 5.71. The molecule has 1 amide bonds. The van der Waals surface area contributed by atoms with Crippen LogP contribution >= 0.6 is 0 Å². The minimum atomic E-state index is -0.438. The first-order valence-corrected chi connectivity index (χ1v) is 13.0. The number of aryl methyl sites for hydroxylation is 1. The van der Waals surface area contributed by atoms with E-state index in [9.17, 15) is 18.4 Å². The summed E-state index contributed by atoms with van der Waals surface area (Å²) < 4.78 is 37.9. The van der Waals surface area contributed by atoms with Crippen molar-refractivity contribution in [3.63, 3.8) is 0 Å². The number of piperazine rings is 1. The van der Waals surface area contributed by atoms with Crippen molar-refractivity contribution in [2.45, 2.75) is 25.8 Å². The zero-order valence-corrected chi connectivity index (χ0v) is 22.0. The van der Waals surface area contributed by atoms with E-state index in [4.69, 9.17) is 9.15 Å². The van der Waals surface area contributed by atoms with Gasteiger partial charge in [-0.15, -0.1) is 0 Å². The molecule has 0 N–H and O–H groups in total. The minimum Gasteiger partial charge on any atom is -0.497 e. The molecule has 0 atom stereocenters. The summed E-state index contributed by atoms with van der Waals surface area (Å²) in [6.45, 7) is 4.11. The van der Waals surface area contributed by atoms with Crippen LogP contribution in [0.15, 0.2) is 75.9 Å². The summed E-state index contributed by atoms with van der Waals surface area (Å²) in [5, 5.41) is 0.819. The number of hydrogen-bond acceptors (Lipinski definition) is 5. The van der Waals surface area contributed by atoms with E-state index in [-0.39, 0.29) is 30.0 Å². The number of amides is 1. The summed E-state index contributed by atoms with van der Waals surface area (Å²) in [7, 11) is 1.55. The average Bonchev–Trinajstić information content (AvgIpc) is 2.95. The van der Waals surface area contributed by atoms with Gasteiger partial charge < -0.3 is 14.1 Å². The maximum Gasteiger partial charge on any atom is 0.339 e. The standard InChI is InChI=1S/C31H30F2N2O4/c1-20-26-12-11-25(38-2)19-28(26)39-31(37)27(20)13-14-29(36)34-15-17-35(18-16-34)30(21-3-7-23(32)8-4-21)22-5-9-24(33)10-6-22/h3-12,19,30H,13-18H2,1-2H3. The maximum absolute atomic E-state index is 13.6. The van der Waals surface area contributed by atoms with Crippen LogP contribution in [0.25, 0.3) is 11.0 Å². The summed E-state index contributed by atoms with van der Waals surface area (Å²) >= 11 is 0. The highest BCUT2D eigenvalue weighted by Crippen LogP contribution is 2.30. The lowest BCUT2D eigenvalue weighted by Gasteiger charge is -2.40. The van der Waals surface area contributed by atoms with E-state index in [0.29, 0.717) is 49.5 Å². The van der Waals surface area contributed by atoms with Crippen molar-refractivity contribution in [1.82, 2.24) is 9.80 Å². The number of ether oxygens (including phenoxy) is 1. The van der Waals surface area contributed by atoms with Gasteiger partial charge in [-0.05, 0) is 66.4 Å². The second kappa shape index (κ2) is 11.4. The van der Waals surface area contributed by atoms with Crippen LogP contribution in [0.5, 0.6) is 5.75 Å². The van der Waals surface area contributed by atoms with Gasteiger partial charge in [0.2, 0.25) is 5.91 Å². The second-order valence-electron chi connectivity index (χ2n) is 9.78. The van der Waals surface area contributed by atoms with Crippen molar-refractivity contribution >= 4 is 16.9 Å². The lowest BCUT2D eigenvalue weighted by atomic mass is 9.96. The van der Waals surface area contributed by atoms with Crippen molar-refractivity contribution in [2.24, 2.45) is 0 Å². The van der Waals surface area contributed by atoms with E-state index in [2.05, 4.69) is 4.90 Å². The number of nitrogens with zero attached hydrogens (tertiary/aromatic N) is 2. The SMILES string of the molecule is COc1ccc2c(C)c(CCC(=O)N3CCN(C(c4ccc(F)cc4)c4ccc(F)cc4)CC3)c(=O)oc2c1. The Labute approximate surface area is 225 Å². The first-order chi connectivity index (χ1) is 18.8. The van der Waals surface area contributed by atoms with Crippen LogP contribution < -0.4 is 10.4 Å². The monoisotopic (exact) mass is 532 g/mol. The van der Waals surface area contributed by atoms with Crippen LogP contribution in [-0.4, -0.2) is 49.0 Å². The van der Waals surface area contributed by atoms with Crippen LogP contribution in [0.4, 0.5) is 8.78 Å². The van der Waals surface area contributed by atoms with Crippen molar-refractivity contribution < 1.29 is 22.7 Å². The number of halogens is 2. The molecule has 39 heavy (non-hydrogen) atoms. The largest absolute Gasteiger partial charge is 0.497 e. The van der Waals surface area contributed by atoms with E-state index < -0.39 is 5.63 Å². The zero-order valence-electron chi connectivity index (χ0n) is 22.0. The van der Waals surface area contributed by atoms with Crippen LogP contribution in [-0.2, 0) is 11.2 Å². The molecule has 0 saturated carbocycles. The van der Waals surface area contributed by atoms with Gasteiger partial charge in [0.05, 0.1) is 13.2 Å². The van der Waals surface area contributed by atoms with Crippen LogP contribution in [0.3, 0.4) is 0 Å². The van der Waals surface area contributed by atoms with Crippen LogP contribution in [0.2, 0.25) is 0 Å². The first-order valence-electron chi connectivity index (χ1n) is 13.0. The van der Waals surface area contributed by atoms with Crippen molar-refractivity contribution in [3.8, 4) is 5.75 Å². The van der Waals surface area contributed by atoms with Gasteiger partial charge in [-0.25, -0.2) is 13.6 Å². The van der Waals surface area contributed by atoms with Gasteiger partial charge in [0.15, 0.2) is 0 Å². The molecule has 1 aromatic heterocycles. The van der Waals surface area contributed by atoms with Crippen molar-refractivity contribution in [1.29, 1.82) is 0 Å². The lowest BCUT2D eigenvalue weighted by Crippen LogP contribution is -2.50. The molecule has 202 valence electrons. The Balaban J connectivity index is 1.26. The Hall–Kier alpha value is -4.04. The number of methoxy groups -OCH3 is 1. The molecule has 0 unspecified atom stereocenters. The van der Waals surface area contributed by atoms with Crippen molar-refractivity contribution in [2.75, 3.05) is 33.3 Å². The normalized spacial score (nSPS) is 14.2. The van der Waals surface area contributed by atoms with Gasteiger partial charge in [-0.3, -0.25) is 9.69 Å². The van der Waals surface area contributed by atoms with Gasteiger partial charge in [0.25, 0.3) is 0 Å². The number of carbonyl (C=O) groups is 1. The third-order valence-electron chi connectivity index (χ3n) is 7.49. The van der Waals surface area contributed by atoms with E-state index >= 15 is 0 Å². The fourth-order valence-corrected chi connectivity index (χ4v) is 5.31. The van der Waals surface area contributed by atoms with E-state index in [0.717, 1.165) is 22.1 Å². The Morgan fingerprint density at radius 2 is 1.51 bits per heavy atom. The van der Waals surface area contributed by atoms with Crippen molar-refractivity contribution in [3.05, 3.63) is 111 Å². The molecule has 0 radical (unpaired) electrons. The zero-order chi connectivity index (χ0) is 27.5. The van der Waals surface area contributed by atoms with E-state index in [1.807, 2.05) is 24.0 Å². The molecule has 2 heterocycles. The molecule has 0 spiro atoms. The van der Waals surface area contributed by atoms with Crippen LogP contribution in [0, 0.1) is 18.6 Å². The van der Waals surface area contributed by atoms with Gasteiger partial charge in [0.1, 0.15) is 23.0 Å². The molecule has 0 aliphatic carbocycles. The summed E-state index contributed by atoms with van der Waals surface area (Å²) in [5.74, 6) is -0.0542. The number of benzene rings is 3. The molecule has 3 aromatic carbocycles. The number of rotatable bonds is 7. The molecule has 0 bridgehead atoms. The highest BCUT2D eigenvalue weighted by molar-refractivity contribution is 5.83. The molecule has 4 aromatic rings. The Bertz CT molecular complexity index is 1480. The number of fused-ring (bicyclic) bond motifs is 1. The highest BCUT2D eigenvalue weighted by atomic mass is 19.1. The minimum absolute atomic E-state index is 0.0246. The Kier molecular flexibility index (Phi) is 7.74. The summed E-state index contributed by atoms with van der Waals surface area (Å²) in [6, 6.07) is 17.8. The van der Waals surface area contributed by atoms with Gasteiger partial charge >= 0.3 is 5.63 Å². The van der Waals surface area contributed by atoms with E-state index in [1.54, 1.807) is 37.4 Å². The smallest absolute Gasteiger partial charge is 0.339 e. The molecule has 8 heteroatoms. The molecule has 6 nitrogen and oxygen atoms in total. The second-order valence-corrected chi connectivity index (χ2v) is 9.78. The molecule has 1 aliphatic rings. The molecule has 1 saturated heterocycles. The fourth-order valence-electron chi connectivity index (χ4n) is 5.31. The van der Waals surface area contributed by atoms with E-state index in [1.165, 1.54) is 24.3 Å². The highest BCUT2D eigenvalue weighted by Gasteiger charge is 2.28. The predicted molar refractivity (Wildman–Crippen MR) is 145 cm³/mol. The van der Waals surface area contributed by atoms with Gasteiger partial charge in [-0.2, -0.15) is 0 Å². The lowest BCUT2D eigenvalue weighted by molar-refractivity contribution is -0.133. The molecular formula is C31H30F2N2O4. The first kappa shape index (κ1) is 26.6. The number of hydrogen-bond donors (Lipinski definition) is 0. The Morgan fingerprint density at radius 1 is 0.923 bits per heavy atom. The third-order valence-corrected chi connectivity index (χ3v) is 7.49. The molecule has 1 aliphatic heterocycles. The quantitative estimate of drug-likeness (QED) is 0.304. The fraction of sp³-hybridized carbons (Fsp3) is 0.290. The summed E-state index contributed by atoms with van der Waals surface area (Å²) in [4.78, 5) is 29.8. The Morgan fingerprint density at radius 3 is 2.08 bits per heavy atom. The topological polar surface area (TPSA) is 63.0 Å². The predicted octanol–water partition coefficient (Wildman–Crippen LogP) is 5.25. The molecular weight excluding hydrogens is 502 g/mol. The summed E-state index contributed by atoms with van der Waals surface area (Å²) in [6.07, 6.45) is 0.496.